The minimum Gasteiger partial charge on any atom is -0.383 e. The number of methoxy groups -OCH3 is 1. The van der Waals surface area contributed by atoms with Crippen LogP contribution in [0.25, 0.3) is 0 Å². The molecule has 11 heteroatoms. The molecule has 0 spiro atoms. The molecule has 1 atom stereocenters. The Bertz CT molecular complexity index is 697. The highest BCUT2D eigenvalue weighted by atomic mass is 35.5. The van der Waals surface area contributed by atoms with Crippen LogP contribution in [0.4, 0.5) is 5.69 Å². The van der Waals surface area contributed by atoms with E-state index in [0.717, 1.165) is 19.6 Å². The van der Waals surface area contributed by atoms with E-state index in [1.807, 2.05) is 0 Å². The first-order valence-corrected chi connectivity index (χ1v) is 9.70. The summed E-state index contributed by atoms with van der Waals surface area (Å²) in [5, 5.41) is 2.62. The van der Waals surface area contributed by atoms with Crippen molar-refractivity contribution >= 4 is 46.4 Å². The lowest BCUT2D eigenvalue weighted by molar-refractivity contribution is -0.118. The van der Waals surface area contributed by atoms with Crippen LogP contribution in [0.2, 0.25) is 0 Å². The van der Waals surface area contributed by atoms with Crippen LogP contribution < -0.4 is 11.1 Å². The molecule has 8 nitrogen and oxygen atoms in total. The molecule has 156 valence electrons. The summed E-state index contributed by atoms with van der Waals surface area (Å²) >= 11 is 0. The number of nitrogens with one attached hydrogen (secondary N) is 1. The highest BCUT2D eigenvalue weighted by molar-refractivity contribution is 7.89. The lowest BCUT2D eigenvalue weighted by atomic mass is 10.2. The number of nitrogens with zero attached hydrogens (tertiary/aromatic N) is 2. The van der Waals surface area contributed by atoms with Crippen molar-refractivity contribution in [2.24, 2.45) is 5.73 Å². The average Bonchev–Trinajstić information content (AvgIpc) is 2.62. The van der Waals surface area contributed by atoms with Crippen LogP contribution in [0.15, 0.2) is 29.2 Å². The maximum absolute atomic E-state index is 12.8. The van der Waals surface area contributed by atoms with Crippen LogP contribution in [0, 0.1) is 0 Å². The number of hydrogen-bond acceptors (Lipinski definition) is 6. The van der Waals surface area contributed by atoms with Crippen molar-refractivity contribution in [2.75, 3.05) is 51.8 Å². The Morgan fingerprint density at radius 3 is 2.44 bits per heavy atom. The number of halogens is 2. The Kier molecular flexibility index (Phi) is 11.4. The molecule has 3 N–H and O–H groups in total. The molecule has 0 saturated carbocycles. The van der Waals surface area contributed by atoms with Gasteiger partial charge in [0.15, 0.2) is 0 Å². The molecule has 1 fully saturated rings. The van der Waals surface area contributed by atoms with Crippen LogP contribution in [0.3, 0.4) is 0 Å². The molecule has 0 aromatic heterocycles. The number of rotatable bonds is 7. The van der Waals surface area contributed by atoms with E-state index in [1.165, 1.54) is 23.5 Å². The van der Waals surface area contributed by atoms with E-state index < -0.39 is 22.0 Å². The average molecular weight is 443 g/mol. The van der Waals surface area contributed by atoms with Gasteiger partial charge < -0.3 is 20.7 Å². The van der Waals surface area contributed by atoms with E-state index in [9.17, 15) is 13.2 Å². The molecule has 1 heterocycles. The summed E-state index contributed by atoms with van der Waals surface area (Å²) in [6.45, 7) is 5.43. The van der Waals surface area contributed by atoms with E-state index in [2.05, 4.69) is 17.1 Å². The molecule has 0 aliphatic carbocycles. The van der Waals surface area contributed by atoms with Gasteiger partial charge in [-0.2, -0.15) is 4.31 Å². The summed E-state index contributed by atoms with van der Waals surface area (Å²) in [5.41, 5.74) is 6.07. The summed E-state index contributed by atoms with van der Waals surface area (Å²) in [6, 6.07) is 5.41. The zero-order valence-electron chi connectivity index (χ0n) is 15.5. The SMILES string of the molecule is CCN1CCN(S(=O)(=O)c2cccc(NC(=O)C(N)COC)c2)CC1.Cl.Cl. The van der Waals surface area contributed by atoms with Gasteiger partial charge in [-0.1, -0.05) is 13.0 Å². The monoisotopic (exact) mass is 442 g/mol. The lowest BCUT2D eigenvalue weighted by Crippen LogP contribution is -2.48. The fourth-order valence-electron chi connectivity index (χ4n) is 2.66. The predicted octanol–water partition coefficient (Wildman–Crippen LogP) is 0.769. The second-order valence-corrected chi connectivity index (χ2v) is 7.86. The fourth-order valence-corrected chi connectivity index (χ4v) is 4.13. The van der Waals surface area contributed by atoms with Crippen molar-refractivity contribution < 1.29 is 17.9 Å². The van der Waals surface area contributed by atoms with E-state index in [0.29, 0.717) is 18.8 Å². The van der Waals surface area contributed by atoms with Gasteiger partial charge >= 0.3 is 0 Å². The largest absolute Gasteiger partial charge is 0.383 e. The number of ether oxygens (including phenoxy) is 1. The summed E-state index contributed by atoms with van der Waals surface area (Å²) < 4.78 is 31.9. The number of sulfonamides is 1. The molecule has 1 aromatic carbocycles. The predicted molar refractivity (Wildman–Crippen MR) is 110 cm³/mol. The van der Waals surface area contributed by atoms with Gasteiger partial charge in [-0.3, -0.25) is 4.79 Å². The Labute approximate surface area is 173 Å². The van der Waals surface area contributed by atoms with Gasteiger partial charge in [0, 0.05) is 39.0 Å². The number of likely N-dealkylation sites (N-methyl/N-ethyl adjacent to an activating group) is 1. The first-order chi connectivity index (χ1) is 11.9. The zero-order valence-corrected chi connectivity index (χ0v) is 17.9. The van der Waals surface area contributed by atoms with Gasteiger partial charge in [-0.05, 0) is 24.7 Å². The minimum absolute atomic E-state index is 0. The first kappa shape index (κ1) is 26.1. The molecule has 1 saturated heterocycles. The number of hydrogen-bond donors (Lipinski definition) is 2. The number of benzene rings is 1. The Morgan fingerprint density at radius 2 is 1.89 bits per heavy atom. The molecule has 1 aromatic rings. The molecule has 1 unspecified atom stereocenters. The summed E-state index contributed by atoms with van der Waals surface area (Å²) in [5.74, 6) is -0.423. The van der Waals surface area contributed by atoms with Crippen LogP contribution in [-0.4, -0.2) is 76.0 Å². The smallest absolute Gasteiger partial charge is 0.243 e. The molecule has 2 rings (SSSR count). The molecule has 0 radical (unpaired) electrons. The normalized spacial score (nSPS) is 16.7. The third kappa shape index (κ3) is 6.86. The number of nitrogens with two attached hydrogens (primary N) is 1. The third-order valence-corrected chi connectivity index (χ3v) is 6.10. The van der Waals surface area contributed by atoms with Gasteiger partial charge in [0.05, 0.1) is 11.5 Å². The van der Waals surface area contributed by atoms with Crippen LogP contribution in [-0.2, 0) is 19.6 Å². The standard InChI is InChI=1S/C16H26N4O4S.2ClH/c1-3-19-7-9-20(10-8-19)25(22,23)14-6-4-5-13(11-14)18-16(21)15(17)12-24-2;;/h4-6,11,15H,3,7-10,12,17H2,1-2H3,(H,18,21);2*1H. The number of piperazine rings is 1. The summed E-state index contributed by atoms with van der Waals surface area (Å²) in [4.78, 5) is 14.3. The molecule has 27 heavy (non-hydrogen) atoms. The Balaban J connectivity index is 0.00000338. The van der Waals surface area contributed by atoms with E-state index in [1.54, 1.807) is 12.1 Å². The van der Waals surface area contributed by atoms with Crippen molar-refractivity contribution in [3.63, 3.8) is 0 Å². The van der Waals surface area contributed by atoms with E-state index in [4.69, 9.17) is 10.5 Å². The van der Waals surface area contributed by atoms with Gasteiger partial charge in [0.1, 0.15) is 6.04 Å². The van der Waals surface area contributed by atoms with Crippen molar-refractivity contribution in [2.45, 2.75) is 17.9 Å². The van der Waals surface area contributed by atoms with Gasteiger partial charge in [-0.15, -0.1) is 24.8 Å². The maximum atomic E-state index is 12.8. The number of anilines is 1. The lowest BCUT2D eigenvalue weighted by Gasteiger charge is -2.33. The minimum atomic E-state index is -3.58. The number of carbonyl (C=O) groups excluding carboxylic acids is 1. The summed E-state index contributed by atoms with van der Waals surface area (Å²) in [6.07, 6.45) is 0. The quantitative estimate of drug-likeness (QED) is 0.645. The molecule has 1 amide bonds. The van der Waals surface area contributed by atoms with Crippen LogP contribution in [0.5, 0.6) is 0 Å². The van der Waals surface area contributed by atoms with Crippen molar-refractivity contribution in [3.8, 4) is 0 Å². The van der Waals surface area contributed by atoms with Crippen molar-refractivity contribution in [3.05, 3.63) is 24.3 Å². The van der Waals surface area contributed by atoms with Gasteiger partial charge in [0.2, 0.25) is 15.9 Å². The third-order valence-electron chi connectivity index (χ3n) is 4.20. The van der Waals surface area contributed by atoms with E-state index in [-0.39, 0.29) is 36.3 Å². The molecular weight excluding hydrogens is 415 g/mol. The second-order valence-electron chi connectivity index (χ2n) is 5.92. The molecular formula is C16H28Cl2N4O4S. The summed E-state index contributed by atoms with van der Waals surface area (Å²) in [7, 11) is -2.13. The van der Waals surface area contributed by atoms with Gasteiger partial charge in [0.25, 0.3) is 0 Å². The highest BCUT2D eigenvalue weighted by Crippen LogP contribution is 2.21. The number of amides is 1. The molecule has 1 aliphatic heterocycles. The molecule has 1 aliphatic rings. The maximum Gasteiger partial charge on any atom is 0.243 e. The van der Waals surface area contributed by atoms with Crippen molar-refractivity contribution in [1.29, 1.82) is 0 Å². The van der Waals surface area contributed by atoms with E-state index >= 15 is 0 Å². The fraction of sp³-hybridized carbons (Fsp3) is 0.562. The second kappa shape index (κ2) is 11.8. The Morgan fingerprint density at radius 1 is 1.26 bits per heavy atom. The topological polar surface area (TPSA) is 105 Å². The van der Waals surface area contributed by atoms with Crippen LogP contribution in [0.1, 0.15) is 6.92 Å². The highest BCUT2D eigenvalue weighted by Gasteiger charge is 2.28. The van der Waals surface area contributed by atoms with Crippen molar-refractivity contribution in [1.82, 2.24) is 9.21 Å². The zero-order chi connectivity index (χ0) is 18.4. The van der Waals surface area contributed by atoms with Crippen LogP contribution >= 0.6 is 24.8 Å². The Hall–Kier alpha value is -0.940. The molecule has 0 bridgehead atoms. The van der Waals surface area contributed by atoms with Gasteiger partial charge in [-0.25, -0.2) is 8.42 Å². The number of carbonyl (C=O) groups is 1. The first-order valence-electron chi connectivity index (χ1n) is 8.26.